The Balaban J connectivity index is 1.96. The number of rotatable bonds is 2. The van der Waals surface area contributed by atoms with Crippen LogP contribution in [0.15, 0.2) is 12.4 Å². The van der Waals surface area contributed by atoms with Crippen molar-refractivity contribution in [3.05, 3.63) is 23.2 Å². The van der Waals surface area contributed by atoms with Crippen LogP contribution in [0.1, 0.15) is 18.5 Å². The summed E-state index contributed by atoms with van der Waals surface area (Å²) >= 11 is 5.81. The van der Waals surface area contributed by atoms with Crippen LogP contribution in [-0.4, -0.2) is 35.0 Å². The van der Waals surface area contributed by atoms with Crippen LogP contribution in [-0.2, 0) is 6.42 Å². The second kappa shape index (κ2) is 4.90. The molecule has 0 N–H and O–H groups in total. The van der Waals surface area contributed by atoms with Crippen molar-refractivity contribution in [2.45, 2.75) is 19.3 Å². The molecule has 1 aromatic heterocycles. The highest BCUT2D eigenvalue weighted by atomic mass is 35.5. The van der Waals surface area contributed by atoms with E-state index in [1.807, 2.05) is 6.20 Å². The number of likely N-dealkylation sites (tertiary alicyclic amines) is 1. The van der Waals surface area contributed by atoms with Gasteiger partial charge in [0.2, 0.25) is 0 Å². The molecule has 82 valence electrons. The summed E-state index contributed by atoms with van der Waals surface area (Å²) in [5.74, 6) is 0.705. The highest BCUT2D eigenvalue weighted by Crippen LogP contribution is 2.19. The molecule has 1 aliphatic heterocycles. The summed E-state index contributed by atoms with van der Waals surface area (Å²) in [5, 5.41) is 0.497. The number of hydrogen-bond donors (Lipinski definition) is 0. The maximum Gasteiger partial charge on any atom is 0.147 e. The summed E-state index contributed by atoms with van der Waals surface area (Å²) in [7, 11) is 2.18. The molecular weight excluding hydrogens is 210 g/mol. The van der Waals surface area contributed by atoms with Crippen molar-refractivity contribution in [1.29, 1.82) is 0 Å². The fourth-order valence-corrected chi connectivity index (χ4v) is 2.38. The molecule has 1 aliphatic rings. The highest BCUT2D eigenvalue weighted by Gasteiger charge is 2.17. The van der Waals surface area contributed by atoms with E-state index in [9.17, 15) is 0 Å². The van der Waals surface area contributed by atoms with Crippen molar-refractivity contribution in [3.8, 4) is 0 Å². The Morgan fingerprint density at radius 1 is 1.53 bits per heavy atom. The monoisotopic (exact) mass is 225 g/mol. The topological polar surface area (TPSA) is 29.0 Å². The summed E-state index contributed by atoms with van der Waals surface area (Å²) in [6, 6.07) is 0. The standard InChI is InChI=1S/C11H16ClN3/c1-15-4-2-3-9(8-15)5-10-6-13-7-11(12)14-10/h6-7,9H,2-5,8H2,1H3/t9-/m1/s1. The normalized spacial score (nSPS) is 22.9. The summed E-state index contributed by atoms with van der Waals surface area (Å²) in [6.45, 7) is 2.38. The Hall–Kier alpha value is -0.670. The van der Waals surface area contributed by atoms with E-state index in [1.165, 1.54) is 19.4 Å². The molecule has 3 nitrogen and oxygen atoms in total. The van der Waals surface area contributed by atoms with Gasteiger partial charge in [-0.05, 0) is 38.8 Å². The lowest BCUT2D eigenvalue weighted by atomic mass is 9.94. The molecular formula is C11H16ClN3. The Morgan fingerprint density at radius 2 is 2.40 bits per heavy atom. The fourth-order valence-electron chi connectivity index (χ4n) is 2.21. The average molecular weight is 226 g/mol. The first-order valence-corrected chi connectivity index (χ1v) is 5.77. The first kappa shape index (κ1) is 10.8. The van der Waals surface area contributed by atoms with Gasteiger partial charge in [0.25, 0.3) is 0 Å². The third kappa shape index (κ3) is 3.14. The summed E-state index contributed by atoms with van der Waals surface area (Å²) in [4.78, 5) is 10.7. The maximum atomic E-state index is 5.81. The summed E-state index contributed by atoms with van der Waals surface area (Å²) < 4.78 is 0. The zero-order valence-electron chi connectivity index (χ0n) is 8.99. The van der Waals surface area contributed by atoms with Crippen LogP contribution in [0.3, 0.4) is 0 Å². The summed E-state index contributed by atoms with van der Waals surface area (Å²) in [6.07, 6.45) is 6.98. The first-order chi connectivity index (χ1) is 7.24. The predicted octanol–water partition coefficient (Wildman–Crippen LogP) is 2.01. The maximum absolute atomic E-state index is 5.81. The fraction of sp³-hybridized carbons (Fsp3) is 0.636. The predicted molar refractivity (Wildman–Crippen MR) is 61.0 cm³/mol. The Kier molecular flexibility index (Phi) is 3.54. The lowest BCUT2D eigenvalue weighted by Crippen LogP contribution is -2.33. The minimum Gasteiger partial charge on any atom is -0.306 e. The lowest BCUT2D eigenvalue weighted by Gasteiger charge is -2.29. The van der Waals surface area contributed by atoms with Crippen LogP contribution in [0.25, 0.3) is 0 Å². The third-order valence-electron chi connectivity index (χ3n) is 2.87. The average Bonchev–Trinajstić information content (AvgIpc) is 2.17. The van der Waals surface area contributed by atoms with E-state index < -0.39 is 0 Å². The van der Waals surface area contributed by atoms with Gasteiger partial charge in [0.05, 0.1) is 11.9 Å². The Bertz CT molecular complexity index is 329. The van der Waals surface area contributed by atoms with Crippen molar-refractivity contribution in [1.82, 2.24) is 14.9 Å². The van der Waals surface area contributed by atoms with Gasteiger partial charge in [-0.25, -0.2) is 4.98 Å². The SMILES string of the molecule is CN1CCC[C@H](Cc2cncc(Cl)n2)C1. The Labute approximate surface area is 95.5 Å². The molecule has 0 aliphatic carbocycles. The molecule has 0 amide bonds. The minimum absolute atomic E-state index is 0.497. The largest absolute Gasteiger partial charge is 0.306 e. The van der Waals surface area contributed by atoms with Gasteiger partial charge in [0, 0.05) is 12.7 Å². The highest BCUT2D eigenvalue weighted by molar-refractivity contribution is 6.29. The molecule has 4 heteroatoms. The number of hydrogen-bond acceptors (Lipinski definition) is 3. The molecule has 0 radical (unpaired) electrons. The lowest BCUT2D eigenvalue weighted by molar-refractivity contribution is 0.208. The second-order valence-corrected chi connectivity index (χ2v) is 4.70. The van der Waals surface area contributed by atoms with Crippen LogP contribution in [0, 0.1) is 5.92 Å². The quantitative estimate of drug-likeness (QED) is 0.771. The molecule has 1 aromatic rings. The van der Waals surface area contributed by atoms with E-state index in [2.05, 4.69) is 21.9 Å². The minimum atomic E-state index is 0.497. The molecule has 0 bridgehead atoms. The molecule has 1 saturated heterocycles. The van der Waals surface area contributed by atoms with E-state index in [0.29, 0.717) is 11.1 Å². The molecule has 1 fully saturated rings. The number of nitrogens with zero attached hydrogens (tertiary/aromatic N) is 3. The Morgan fingerprint density at radius 3 is 3.13 bits per heavy atom. The first-order valence-electron chi connectivity index (χ1n) is 5.39. The molecule has 1 atom stereocenters. The van der Waals surface area contributed by atoms with E-state index in [-0.39, 0.29) is 0 Å². The molecule has 0 saturated carbocycles. The van der Waals surface area contributed by atoms with Crippen LogP contribution in [0.2, 0.25) is 5.15 Å². The van der Waals surface area contributed by atoms with Gasteiger partial charge in [0.1, 0.15) is 5.15 Å². The second-order valence-electron chi connectivity index (χ2n) is 4.31. The van der Waals surface area contributed by atoms with Crippen molar-refractivity contribution < 1.29 is 0 Å². The van der Waals surface area contributed by atoms with E-state index in [1.54, 1.807) is 6.20 Å². The van der Waals surface area contributed by atoms with Gasteiger partial charge in [-0.1, -0.05) is 11.6 Å². The van der Waals surface area contributed by atoms with Crippen LogP contribution < -0.4 is 0 Å². The smallest absolute Gasteiger partial charge is 0.147 e. The van der Waals surface area contributed by atoms with Gasteiger partial charge < -0.3 is 4.90 Å². The van der Waals surface area contributed by atoms with E-state index in [4.69, 9.17) is 11.6 Å². The van der Waals surface area contributed by atoms with Gasteiger partial charge >= 0.3 is 0 Å². The van der Waals surface area contributed by atoms with Crippen molar-refractivity contribution in [3.63, 3.8) is 0 Å². The van der Waals surface area contributed by atoms with E-state index >= 15 is 0 Å². The van der Waals surface area contributed by atoms with Crippen LogP contribution >= 0.6 is 11.6 Å². The van der Waals surface area contributed by atoms with Gasteiger partial charge in [0.15, 0.2) is 0 Å². The molecule has 15 heavy (non-hydrogen) atoms. The van der Waals surface area contributed by atoms with Crippen LogP contribution in [0.4, 0.5) is 0 Å². The van der Waals surface area contributed by atoms with E-state index in [0.717, 1.165) is 18.7 Å². The summed E-state index contributed by atoms with van der Waals surface area (Å²) in [5.41, 5.74) is 1.02. The van der Waals surface area contributed by atoms with Gasteiger partial charge in [-0.15, -0.1) is 0 Å². The van der Waals surface area contributed by atoms with Crippen molar-refractivity contribution >= 4 is 11.6 Å². The molecule has 0 spiro atoms. The number of piperidine rings is 1. The van der Waals surface area contributed by atoms with Crippen molar-refractivity contribution in [2.24, 2.45) is 5.92 Å². The van der Waals surface area contributed by atoms with Gasteiger partial charge in [-0.2, -0.15) is 0 Å². The third-order valence-corrected chi connectivity index (χ3v) is 3.06. The number of aromatic nitrogens is 2. The van der Waals surface area contributed by atoms with Crippen LogP contribution in [0.5, 0.6) is 0 Å². The molecule has 0 aromatic carbocycles. The zero-order chi connectivity index (χ0) is 10.7. The van der Waals surface area contributed by atoms with Crippen molar-refractivity contribution in [2.75, 3.05) is 20.1 Å². The number of halogens is 1. The molecule has 0 unspecified atom stereocenters. The molecule has 2 heterocycles. The zero-order valence-corrected chi connectivity index (χ0v) is 9.74. The van der Waals surface area contributed by atoms with Gasteiger partial charge in [-0.3, -0.25) is 4.98 Å². The molecule has 2 rings (SSSR count).